The zero-order chi connectivity index (χ0) is 15.8. The maximum absolute atomic E-state index is 12.0. The Labute approximate surface area is 144 Å². The lowest BCUT2D eigenvalue weighted by atomic mass is 10.4. The van der Waals surface area contributed by atoms with Crippen LogP contribution in [0.4, 0.5) is 0 Å². The number of rotatable bonds is 7. The molecule has 2 rings (SSSR count). The van der Waals surface area contributed by atoms with Crippen LogP contribution in [0.5, 0.6) is 0 Å². The molecule has 0 aliphatic carbocycles. The average Bonchev–Trinajstić information content (AvgIpc) is 2.54. The lowest BCUT2D eigenvalue weighted by molar-refractivity contribution is -0.120. The van der Waals surface area contributed by atoms with Gasteiger partial charge in [0.15, 0.2) is 0 Å². The maximum atomic E-state index is 12.0. The molecule has 3 nitrogen and oxygen atoms in total. The number of carbonyl (C=O) groups excluding carboxylic acids is 1. The normalized spacial score (nSPS) is 11.9. The topological polar surface area (TPSA) is 42.0 Å². The van der Waals surface area contributed by atoms with E-state index in [9.17, 15) is 4.79 Å². The third kappa shape index (κ3) is 5.91. The van der Waals surface area contributed by atoms with Gasteiger partial charge in [-0.1, -0.05) is 17.7 Å². The first kappa shape index (κ1) is 17.2. The molecular weight excluding hydrogens is 336 g/mol. The summed E-state index contributed by atoms with van der Waals surface area (Å²) in [7, 11) is 0. The Morgan fingerprint density at radius 1 is 1.27 bits per heavy atom. The molecule has 1 amide bonds. The van der Waals surface area contributed by atoms with Crippen molar-refractivity contribution in [3.05, 3.63) is 53.7 Å². The van der Waals surface area contributed by atoms with E-state index >= 15 is 0 Å². The first-order chi connectivity index (χ1) is 10.6. The number of carbonyl (C=O) groups is 1. The summed E-state index contributed by atoms with van der Waals surface area (Å²) in [5.74, 6) is 0.850. The lowest BCUT2D eigenvalue weighted by Crippen LogP contribution is -2.32. The van der Waals surface area contributed by atoms with E-state index in [1.165, 1.54) is 11.8 Å². The molecule has 22 heavy (non-hydrogen) atoms. The van der Waals surface area contributed by atoms with E-state index in [4.69, 9.17) is 11.6 Å². The van der Waals surface area contributed by atoms with Gasteiger partial charge in [0, 0.05) is 28.4 Å². The van der Waals surface area contributed by atoms with E-state index in [2.05, 4.69) is 10.3 Å². The number of pyridine rings is 1. The number of halogens is 1. The minimum absolute atomic E-state index is 0.0431. The number of benzene rings is 1. The summed E-state index contributed by atoms with van der Waals surface area (Å²) in [5, 5.41) is 4.49. The number of aromatic nitrogens is 1. The first-order valence-electron chi connectivity index (χ1n) is 6.89. The molecule has 116 valence electrons. The van der Waals surface area contributed by atoms with Gasteiger partial charge < -0.3 is 5.32 Å². The predicted molar refractivity (Wildman–Crippen MR) is 94.7 cm³/mol. The minimum Gasteiger partial charge on any atom is -0.354 e. The Morgan fingerprint density at radius 3 is 2.73 bits per heavy atom. The van der Waals surface area contributed by atoms with Crippen LogP contribution in [0, 0.1) is 0 Å². The summed E-state index contributed by atoms with van der Waals surface area (Å²) < 4.78 is 0. The number of nitrogens with one attached hydrogen (secondary N) is 1. The van der Waals surface area contributed by atoms with E-state index in [-0.39, 0.29) is 11.2 Å². The molecule has 0 spiro atoms. The molecular formula is C16H17ClN2OS2. The molecule has 1 aromatic heterocycles. The first-order valence-corrected chi connectivity index (χ1v) is 9.13. The predicted octanol–water partition coefficient (Wildman–Crippen LogP) is 4.12. The summed E-state index contributed by atoms with van der Waals surface area (Å²) in [6.07, 6.45) is 1.77. The van der Waals surface area contributed by atoms with Gasteiger partial charge in [-0.25, -0.2) is 4.98 Å². The number of hydrogen-bond acceptors (Lipinski definition) is 4. The average molecular weight is 353 g/mol. The highest BCUT2D eigenvalue weighted by molar-refractivity contribution is 8.00. The van der Waals surface area contributed by atoms with Crippen molar-refractivity contribution >= 4 is 41.0 Å². The van der Waals surface area contributed by atoms with Gasteiger partial charge in [0.05, 0.1) is 10.3 Å². The van der Waals surface area contributed by atoms with Crippen LogP contribution in [0.15, 0.2) is 58.6 Å². The van der Waals surface area contributed by atoms with Gasteiger partial charge in [-0.2, -0.15) is 0 Å². The zero-order valence-electron chi connectivity index (χ0n) is 12.2. The van der Waals surface area contributed by atoms with Crippen LogP contribution < -0.4 is 5.32 Å². The van der Waals surface area contributed by atoms with Crippen molar-refractivity contribution in [2.24, 2.45) is 0 Å². The molecule has 1 aromatic carbocycles. The molecule has 1 heterocycles. The molecule has 0 fully saturated rings. The summed E-state index contributed by atoms with van der Waals surface area (Å²) in [6.45, 7) is 2.53. The summed E-state index contributed by atoms with van der Waals surface area (Å²) in [5.41, 5.74) is 0. The van der Waals surface area contributed by atoms with Gasteiger partial charge in [-0.3, -0.25) is 4.79 Å². The molecule has 6 heteroatoms. The van der Waals surface area contributed by atoms with Crippen LogP contribution in [0.2, 0.25) is 5.02 Å². The van der Waals surface area contributed by atoms with Gasteiger partial charge in [0.25, 0.3) is 0 Å². The van der Waals surface area contributed by atoms with Crippen molar-refractivity contribution in [1.82, 2.24) is 10.3 Å². The third-order valence-electron chi connectivity index (χ3n) is 2.78. The van der Waals surface area contributed by atoms with Crippen LogP contribution in [0.1, 0.15) is 6.92 Å². The van der Waals surface area contributed by atoms with E-state index in [0.29, 0.717) is 11.6 Å². The Bertz CT molecular complexity index is 593. The third-order valence-corrected chi connectivity index (χ3v) is 5.09. The van der Waals surface area contributed by atoms with Crippen molar-refractivity contribution in [2.45, 2.75) is 22.1 Å². The number of hydrogen-bond donors (Lipinski definition) is 1. The summed E-state index contributed by atoms with van der Waals surface area (Å²) in [6, 6.07) is 13.3. The van der Waals surface area contributed by atoms with Crippen molar-refractivity contribution in [2.75, 3.05) is 12.3 Å². The van der Waals surface area contributed by atoms with E-state index in [1.54, 1.807) is 18.0 Å². The number of thioether (sulfide) groups is 2. The fraction of sp³-hybridized carbons (Fsp3) is 0.250. The van der Waals surface area contributed by atoms with Crippen LogP contribution in [-0.2, 0) is 4.79 Å². The molecule has 1 atom stereocenters. The van der Waals surface area contributed by atoms with Crippen molar-refractivity contribution in [1.29, 1.82) is 0 Å². The van der Waals surface area contributed by atoms with E-state index in [0.717, 1.165) is 15.7 Å². The van der Waals surface area contributed by atoms with Crippen LogP contribution >= 0.6 is 35.1 Å². The molecule has 2 aromatic rings. The van der Waals surface area contributed by atoms with E-state index in [1.807, 2.05) is 49.4 Å². The molecule has 1 N–H and O–H groups in total. The Hall–Kier alpha value is -1.17. The highest BCUT2D eigenvalue weighted by Crippen LogP contribution is 2.24. The van der Waals surface area contributed by atoms with Crippen molar-refractivity contribution in [3.8, 4) is 0 Å². The van der Waals surface area contributed by atoms with Gasteiger partial charge >= 0.3 is 0 Å². The zero-order valence-corrected chi connectivity index (χ0v) is 14.5. The summed E-state index contributed by atoms with van der Waals surface area (Å²) >= 11 is 9.01. The summed E-state index contributed by atoms with van der Waals surface area (Å²) in [4.78, 5) is 17.3. The fourth-order valence-corrected chi connectivity index (χ4v) is 3.42. The van der Waals surface area contributed by atoms with Crippen molar-refractivity contribution in [3.63, 3.8) is 0 Å². The quantitative estimate of drug-likeness (QED) is 0.601. The molecule has 0 aliphatic heterocycles. The molecule has 0 bridgehead atoms. The second-order valence-corrected chi connectivity index (χ2v) is 7.49. The largest absolute Gasteiger partial charge is 0.354 e. The van der Waals surface area contributed by atoms with Crippen LogP contribution in [0.3, 0.4) is 0 Å². The Balaban J connectivity index is 1.69. The lowest BCUT2D eigenvalue weighted by Gasteiger charge is -2.11. The Morgan fingerprint density at radius 2 is 2.05 bits per heavy atom. The molecule has 0 radical (unpaired) electrons. The monoisotopic (exact) mass is 352 g/mol. The van der Waals surface area contributed by atoms with Crippen molar-refractivity contribution < 1.29 is 4.79 Å². The van der Waals surface area contributed by atoms with Gasteiger partial charge in [-0.05, 0) is 43.3 Å². The molecule has 0 unspecified atom stereocenters. The Kier molecular flexibility index (Phi) is 7.09. The van der Waals surface area contributed by atoms with E-state index < -0.39 is 0 Å². The van der Waals surface area contributed by atoms with Gasteiger partial charge in [0.1, 0.15) is 0 Å². The second-order valence-electron chi connectivity index (χ2n) is 4.52. The smallest absolute Gasteiger partial charge is 0.233 e. The molecule has 0 saturated carbocycles. The second kappa shape index (κ2) is 9.08. The minimum atomic E-state index is -0.138. The fourth-order valence-electron chi connectivity index (χ4n) is 1.68. The van der Waals surface area contributed by atoms with Crippen LogP contribution in [-0.4, -0.2) is 28.4 Å². The SMILES string of the molecule is C[C@H](Sc1ccc(Cl)cc1)C(=O)NCCSc1ccccn1. The standard InChI is InChI=1S/C16H17ClN2OS2/c1-12(22-14-7-5-13(17)6-8-14)16(20)19-10-11-21-15-4-2-3-9-18-15/h2-9,12H,10-11H2,1H3,(H,19,20)/t12-/m0/s1. The van der Waals surface area contributed by atoms with Gasteiger partial charge in [0.2, 0.25) is 5.91 Å². The van der Waals surface area contributed by atoms with Gasteiger partial charge in [-0.15, -0.1) is 23.5 Å². The number of nitrogens with zero attached hydrogens (tertiary/aromatic N) is 1. The number of amides is 1. The molecule has 0 aliphatic rings. The maximum Gasteiger partial charge on any atom is 0.233 e. The highest BCUT2D eigenvalue weighted by Gasteiger charge is 2.13. The van der Waals surface area contributed by atoms with Crippen LogP contribution in [0.25, 0.3) is 0 Å². The highest BCUT2D eigenvalue weighted by atomic mass is 35.5. The molecule has 0 saturated heterocycles.